The Balaban J connectivity index is 1.87. The molecule has 0 saturated heterocycles. The number of likely N-dealkylation sites (N-methyl/N-ethyl adjacent to an activating group) is 1. The molecule has 2 aromatic heterocycles. The second-order valence-electron chi connectivity index (χ2n) is 6.01. The minimum absolute atomic E-state index is 0.980. The Morgan fingerprint density at radius 2 is 2.13 bits per heavy atom. The molecule has 0 saturated carbocycles. The van der Waals surface area contributed by atoms with Gasteiger partial charge in [0, 0.05) is 47.5 Å². The van der Waals surface area contributed by atoms with E-state index in [9.17, 15) is 0 Å². The van der Waals surface area contributed by atoms with Crippen molar-refractivity contribution in [3.63, 3.8) is 0 Å². The first kappa shape index (κ1) is 14.7. The lowest BCUT2D eigenvalue weighted by Crippen LogP contribution is -2.26. The largest absolute Gasteiger partial charge is 0.320 e. The molecule has 0 amide bonds. The van der Waals surface area contributed by atoms with Gasteiger partial charge in [-0.3, -0.25) is 4.98 Å². The fourth-order valence-electron chi connectivity index (χ4n) is 3.30. The monoisotopic (exact) mass is 367 g/mol. The lowest BCUT2D eigenvalue weighted by molar-refractivity contribution is 0.312. The van der Waals surface area contributed by atoms with E-state index in [0.29, 0.717) is 0 Å². The van der Waals surface area contributed by atoms with E-state index in [1.807, 2.05) is 24.4 Å². The molecule has 3 nitrogen and oxygen atoms in total. The van der Waals surface area contributed by atoms with E-state index >= 15 is 0 Å². The third-order valence-corrected chi connectivity index (χ3v) is 4.92. The van der Waals surface area contributed by atoms with Gasteiger partial charge in [0.25, 0.3) is 0 Å². The zero-order valence-corrected chi connectivity index (χ0v) is 14.6. The molecule has 1 aliphatic rings. The Labute approximate surface area is 144 Å². The number of pyridine rings is 1. The van der Waals surface area contributed by atoms with Gasteiger partial charge in [-0.05, 0) is 49.0 Å². The molecule has 23 heavy (non-hydrogen) atoms. The number of nitrogens with zero attached hydrogens (tertiary/aromatic N) is 3. The second kappa shape index (κ2) is 5.95. The highest BCUT2D eigenvalue weighted by atomic mass is 79.9. The fraction of sp³-hybridized carbons (Fsp3) is 0.211. The van der Waals surface area contributed by atoms with Crippen LogP contribution in [0.3, 0.4) is 0 Å². The zero-order chi connectivity index (χ0) is 15.8. The fourth-order valence-corrected chi connectivity index (χ4v) is 3.66. The first-order valence-corrected chi connectivity index (χ1v) is 8.60. The summed E-state index contributed by atoms with van der Waals surface area (Å²) >= 11 is 3.61. The summed E-state index contributed by atoms with van der Waals surface area (Å²) in [6.07, 6.45) is 7.14. The predicted octanol–water partition coefficient (Wildman–Crippen LogP) is 4.41. The molecule has 0 N–H and O–H groups in total. The van der Waals surface area contributed by atoms with Crippen molar-refractivity contribution in [2.24, 2.45) is 0 Å². The summed E-state index contributed by atoms with van der Waals surface area (Å²) in [4.78, 5) is 6.77. The quantitative estimate of drug-likeness (QED) is 0.668. The molecule has 1 aromatic carbocycles. The molecule has 3 heterocycles. The van der Waals surface area contributed by atoms with Crippen molar-refractivity contribution in [3.05, 3.63) is 64.0 Å². The van der Waals surface area contributed by atoms with Crippen molar-refractivity contribution in [3.8, 4) is 0 Å². The predicted molar refractivity (Wildman–Crippen MR) is 99.1 cm³/mol. The molecule has 0 fully saturated rings. The molecule has 0 radical (unpaired) electrons. The number of rotatable bonds is 2. The molecule has 3 aromatic rings. The van der Waals surface area contributed by atoms with Crippen LogP contribution in [0.25, 0.3) is 23.2 Å². The van der Waals surface area contributed by atoms with E-state index < -0.39 is 0 Å². The Morgan fingerprint density at radius 3 is 2.96 bits per heavy atom. The van der Waals surface area contributed by atoms with Crippen LogP contribution in [0.15, 0.2) is 47.1 Å². The molecule has 0 unspecified atom stereocenters. The van der Waals surface area contributed by atoms with Gasteiger partial charge in [0.15, 0.2) is 0 Å². The van der Waals surface area contributed by atoms with Crippen molar-refractivity contribution < 1.29 is 0 Å². The Kier molecular flexibility index (Phi) is 3.79. The third kappa shape index (κ3) is 2.73. The third-order valence-electron chi connectivity index (χ3n) is 4.42. The maximum Gasteiger partial charge on any atom is 0.0644 e. The molecule has 0 aliphatic carbocycles. The minimum Gasteiger partial charge on any atom is -0.320 e. The highest BCUT2D eigenvalue weighted by Gasteiger charge is 2.21. The smallest absolute Gasteiger partial charge is 0.0644 e. The second-order valence-corrected chi connectivity index (χ2v) is 6.93. The van der Waals surface area contributed by atoms with Gasteiger partial charge in [-0.1, -0.05) is 22.0 Å². The van der Waals surface area contributed by atoms with Gasteiger partial charge in [0.05, 0.1) is 11.2 Å². The minimum atomic E-state index is 0.980. The standard InChI is InChI=1S/C19H18BrN3/c1-22-10-8-19-17(13-22)16-12-14(20)5-6-18(16)23(19)11-7-15-4-2-3-9-21-15/h2-7,9,11-12H,8,10,13H2,1H3. The number of hydrogen-bond donors (Lipinski definition) is 0. The lowest BCUT2D eigenvalue weighted by Gasteiger charge is -2.23. The van der Waals surface area contributed by atoms with Crippen molar-refractivity contribution >= 4 is 39.1 Å². The molecule has 0 bridgehead atoms. The maximum absolute atomic E-state index is 4.38. The molecule has 4 rings (SSSR count). The number of fused-ring (bicyclic) bond motifs is 3. The van der Waals surface area contributed by atoms with E-state index in [2.05, 4.69) is 67.9 Å². The van der Waals surface area contributed by atoms with Crippen LogP contribution in [-0.4, -0.2) is 28.0 Å². The van der Waals surface area contributed by atoms with E-state index in [-0.39, 0.29) is 0 Å². The van der Waals surface area contributed by atoms with E-state index in [4.69, 9.17) is 0 Å². The van der Waals surface area contributed by atoms with Crippen LogP contribution >= 0.6 is 15.9 Å². The van der Waals surface area contributed by atoms with Gasteiger partial charge in [-0.15, -0.1) is 0 Å². The van der Waals surface area contributed by atoms with Crippen LogP contribution in [0.5, 0.6) is 0 Å². The normalized spacial score (nSPS) is 15.4. The summed E-state index contributed by atoms with van der Waals surface area (Å²) in [7, 11) is 2.19. The Bertz CT molecular complexity index is 881. The highest BCUT2D eigenvalue weighted by Crippen LogP contribution is 2.32. The van der Waals surface area contributed by atoms with Gasteiger partial charge in [-0.25, -0.2) is 0 Å². The van der Waals surface area contributed by atoms with Gasteiger partial charge < -0.3 is 9.47 Å². The molecular formula is C19H18BrN3. The van der Waals surface area contributed by atoms with Crippen LogP contribution < -0.4 is 0 Å². The van der Waals surface area contributed by atoms with Gasteiger partial charge in [-0.2, -0.15) is 0 Å². The highest BCUT2D eigenvalue weighted by molar-refractivity contribution is 9.10. The van der Waals surface area contributed by atoms with E-state index in [0.717, 1.165) is 29.7 Å². The summed E-state index contributed by atoms with van der Waals surface area (Å²) in [6.45, 7) is 2.11. The number of aromatic nitrogens is 2. The molecule has 0 spiro atoms. The summed E-state index contributed by atoms with van der Waals surface area (Å²) < 4.78 is 3.46. The summed E-state index contributed by atoms with van der Waals surface area (Å²) in [5.41, 5.74) is 5.11. The number of halogens is 1. The van der Waals surface area contributed by atoms with Crippen molar-refractivity contribution in [1.29, 1.82) is 0 Å². The van der Waals surface area contributed by atoms with Crippen molar-refractivity contribution in [1.82, 2.24) is 14.5 Å². The first-order valence-electron chi connectivity index (χ1n) is 7.81. The average Bonchev–Trinajstić information content (AvgIpc) is 2.86. The van der Waals surface area contributed by atoms with Crippen LogP contribution in [0, 0.1) is 0 Å². The summed E-state index contributed by atoms with van der Waals surface area (Å²) in [5, 5.41) is 1.34. The summed E-state index contributed by atoms with van der Waals surface area (Å²) in [5.74, 6) is 0. The summed E-state index contributed by atoms with van der Waals surface area (Å²) in [6, 6.07) is 12.5. The van der Waals surface area contributed by atoms with E-state index in [1.165, 1.54) is 22.2 Å². The number of hydrogen-bond acceptors (Lipinski definition) is 2. The molecular weight excluding hydrogens is 350 g/mol. The van der Waals surface area contributed by atoms with Crippen LogP contribution in [0.4, 0.5) is 0 Å². The van der Waals surface area contributed by atoms with Gasteiger partial charge in [0.2, 0.25) is 0 Å². The van der Waals surface area contributed by atoms with Gasteiger partial charge >= 0.3 is 0 Å². The van der Waals surface area contributed by atoms with Crippen LogP contribution in [0.1, 0.15) is 17.0 Å². The van der Waals surface area contributed by atoms with Gasteiger partial charge in [0.1, 0.15) is 0 Å². The molecule has 1 aliphatic heterocycles. The zero-order valence-electron chi connectivity index (χ0n) is 13.0. The lowest BCUT2D eigenvalue weighted by atomic mass is 10.1. The maximum atomic E-state index is 4.38. The molecule has 116 valence electrons. The Morgan fingerprint density at radius 1 is 1.22 bits per heavy atom. The topological polar surface area (TPSA) is 21.1 Å². The van der Waals surface area contributed by atoms with Crippen molar-refractivity contribution in [2.75, 3.05) is 13.6 Å². The Hall–Kier alpha value is -1.91. The van der Waals surface area contributed by atoms with E-state index in [1.54, 1.807) is 0 Å². The first-order chi connectivity index (χ1) is 11.2. The SMILES string of the molecule is CN1CCc2c(c3cc(Br)ccc3n2C=Cc2ccccn2)C1. The van der Waals surface area contributed by atoms with Crippen LogP contribution in [0.2, 0.25) is 0 Å². The van der Waals surface area contributed by atoms with Crippen molar-refractivity contribution in [2.45, 2.75) is 13.0 Å². The molecule has 0 atom stereocenters. The number of benzene rings is 1. The van der Waals surface area contributed by atoms with Crippen LogP contribution in [-0.2, 0) is 13.0 Å². The average molecular weight is 368 g/mol. The molecule has 4 heteroatoms.